The van der Waals surface area contributed by atoms with Crippen LogP contribution in [-0.4, -0.2) is 20.9 Å². The van der Waals surface area contributed by atoms with Crippen molar-refractivity contribution in [1.29, 1.82) is 5.26 Å². The molecular formula is C45H24N4O3. The van der Waals surface area contributed by atoms with Crippen LogP contribution < -0.4 is 4.90 Å². The van der Waals surface area contributed by atoms with Crippen LogP contribution in [0.2, 0.25) is 0 Å². The van der Waals surface area contributed by atoms with Crippen molar-refractivity contribution in [1.82, 2.24) is 9.13 Å². The van der Waals surface area contributed by atoms with Crippen molar-refractivity contribution in [3.8, 4) is 17.4 Å². The molecule has 0 fully saturated rings. The normalized spacial score (nSPS) is 13.0. The Labute approximate surface area is 295 Å². The zero-order valence-electron chi connectivity index (χ0n) is 27.4. The van der Waals surface area contributed by atoms with E-state index < -0.39 is 11.8 Å². The molecular weight excluding hydrogens is 645 g/mol. The number of furan rings is 1. The maximum Gasteiger partial charge on any atom is 0.266 e. The summed E-state index contributed by atoms with van der Waals surface area (Å²) in [6.07, 6.45) is 0. The molecule has 1 aliphatic rings. The molecule has 3 aromatic heterocycles. The SMILES string of the molecule is N#Cc1ccc(-n2c3ccccc3c3c2ccc2c4ccccc4n(-c4ccc5oc6ccccc6c5c4)c23)cc1N1C(=O)c2ccccc2C1=O. The van der Waals surface area contributed by atoms with Crippen LogP contribution in [0.1, 0.15) is 26.3 Å². The molecule has 0 atom stereocenters. The molecule has 1 aliphatic heterocycles. The van der Waals surface area contributed by atoms with Crippen LogP contribution in [0, 0.1) is 11.3 Å². The van der Waals surface area contributed by atoms with Gasteiger partial charge in [0.25, 0.3) is 11.8 Å². The van der Waals surface area contributed by atoms with E-state index in [-0.39, 0.29) is 11.3 Å². The predicted octanol–water partition coefficient (Wildman–Crippen LogP) is 10.5. The van der Waals surface area contributed by atoms with E-state index in [1.54, 1.807) is 36.4 Å². The first-order valence-electron chi connectivity index (χ1n) is 17.0. The van der Waals surface area contributed by atoms with Crippen LogP contribution in [0.15, 0.2) is 150 Å². The van der Waals surface area contributed by atoms with Crippen molar-refractivity contribution in [2.45, 2.75) is 0 Å². The van der Waals surface area contributed by atoms with Crippen molar-refractivity contribution in [3.05, 3.63) is 162 Å². The summed E-state index contributed by atoms with van der Waals surface area (Å²) in [4.78, 5) is 28.4. The average Bonchev–Trinajstić information content (AvgIpc) is 3.91. The quantitative estimate of drug-likeness (QED) is 0.175. The Morgan fingerprint density at radius 2 is 1.12 bits per heavy atom. The van der Waals surface area contributed by atoms with Gasteiger partial charge >= 0.3 is 0 Å². The number of fused-ring (bicyclic) bond motifs is 11. The molecule has 0 radical (unpaired) electrons. The second-order valence-corrected chi connectivity index (χ2v) is 13.1. The average molecular weight is 669 g/mol. The summed E-state index contributed by atoms with van der Waals surface area (Å²) in [6.45, 7) is 0. The molecule has 7 heteroatoms. The van der Waals surface area contributed by atoms with Gasteiger partial charge in [-0.3, -0.25) is 9.59 Å². The second-order valence-electron chi connectivity index (χ2n) is 13.1. The topological polar surface area (TPSA) is 84.2 Å². The molecule has 2 amide bonds. The largest absolute Gasteiger partial charge is 0.456 e. The van der Waals surface area contributed by atoms with E-state index in [9.17, 15) is 14.9 Å². The van der Waals surface area contributed by atoms with Crippen LogP contribution in [0.3, 0.4) is 0 Å². The number of benzene rings is 7. The molecule has 4 heterocycles. The minimum Gasteiger partial charge on any atom is -0.456 e. The van der Waals surface area contributed by atoms with E-state index in [1.807, 2.05) is 42.5 Å². The van der Waals surface area contributed by atoms with Gasteiger partial charge in [-0.25, -0.2) is 4.90 Å². The van der Waals surface area contributed by atoms with Gasteiger partial charge in [-0.1, -0.05) is 72.8 Å². The highest BCUT2D eigenvalue weighted by Crippen LogP contribution is 2.43. The Morgan fingerprint density at radius 1 is 0.500 bits per heavy atom. The van der Waals surface area contributed by atoms with E-state index in [0.29, 0.717) is 11.1 Å². The van der Waals surface area contributed by atoms with E-state index in [4.69, 9.17) is 4.42 Å². The summed E-state index contributed by atoms with van der Waals surface area (Å²) in [6, 6.07) is 49.9. The minimum atomic E-state index is -0.440. The molecule has 0 N–H and O–H groups in total. The zero-order valence-corrected chi connectivity index (χ0v) is 27.4. The molecule has 242 valence electrons. The predicted molar refractivity (Wildman–Crippen MR) is 205 cm³/mol. The van der Waals surface area contributed by atoms with Crippen LogP contribution >= 0.6 is 0 Å². The number of nitrogens with zero attached hydrogens (tertiary/aromatic N) is 4. The fourth-order valence-electron chi connectivity index (χ4n) is 8.25. The number of carbonyl (C=O) groups excluding carboxylic acids is 2. The van der Waals surface area contributed by atoms with Crippen molar-refractivity contribution < 1.29 is 14.0 Å². The summed E-state index contributed by atoms with van der Waals surface area (Å²) in [7, 11) is 0. The molecule has 0 bridgehead atoms. The molecule has 52 heavy (non-hydrogen) atoms. The minimum absolute atomic E-state index is 0.240. The monoisotopic (exact) mass is 668 g/mol. The Kier molecular flexibility index (Phi) is 5.63. The first-order chi connectivity index (χ1) is 25.6. The third-order valence-electron chi connectivity index (χ3n) is 10.5. The Balaban J connectivity index is 1.21. The van der Waals surface area contributed by atoms with Gasteiger partial charge in [-0.15, -0.1) is 0 Å². The molecule has 0 spiro atoms. The molecule has 7 aromatic carbocycles. The van der Waals surface area contributed by atoms with Crippen molar-refractivity contribution in [2.75, 3.05) is 4.90 Å². The maximum atomic E-state index is 13.6. The first kappa shape index (κ1) is 28.4. The molecule has 11 rings (SSSR count). The molecule has 0 saturated carbocycles. The summed E-state index contributed by atoms with van der Waals surface area (Å²) < 4.78 is 10.7. The zero-order chi connectivity index (χ0) is 34.7. The Morgan fingerprint density at radius 3 is 1.88 bits per heavy atom. The molecule has 0 unspecified atom stereocenters. The number of aromatic nitrogens is 2. The number of carbonyl (C=O) groups is 2. The number of rotatable bonds is 3. The highest BCUT2D eigenvalue weighted by Gasteiger charge is 2.37. The maximum absolute atomic E-state index is 13.6. The summed E-state index contributed by atoms with van der Waals surface area (Å²) >= 11 is 0. The Hall–Kier alpha value is -7.43. The number of anilines is 1. The number of hydrogen-bond donors (Lipinski definition) is 0. The fraction of sp³-hybridized carbons (Fsp3) is 0. The number of hydrogen-bond acceptors (Lipinski definition) is 4. The van der Waals surface area contributed by atoms with Gasteiger partial charge in [0.2, 0.25) is 0 Å². The van der Waals surface area contributed by atoms with Gasteiger partial charge < -0.3 is 13.6 Å². The lowest BCUT2D eigenvalue weighted by Crippen LogP contribution is -2.30. The van der Waals surface area contributed by atoms with E-state index in [2.05, 4.69) is 81.9 Å². The van der Waals surface area contributed by atoms with E-state index in [0.717, 1.165) is 81.8 Å². The molecule has 0 saturated heterocycles. The van der Waals surface area contributed by atoms with Gasteiger partial charge in [0.1, 0.15) is 17.2 Å². The van der Waals surface area contributed by atoms with Crippen LogP contribution in [0.25, 0.3) is 76.9 Å². The summed E-state index contributed by atoms with van der Waals surface area (Å²) in [5.74, 6) is -0.880. The smallest absolute Gasteiger partial charge is 0.266 e. The van der Waals surface area contributed by atoms with Crippen molar-refractivity contribution in [2.24, 2.45) is 0 Å². The molecule has 0 aliphatic carbocycles. The van der Waals surface area contributed by atoms with Crippen molar-refractivity contribution in [3.63, 3.8) is 0 Å². The lowest BCUT2D eigenvalue weighted by molar-refractivity contribution is 0.0926. The highest BCUT2D eigenvalue weighted by molar-refractivity contribution is 6.35. The van der Waals surface area contributed by atoms with Gasteiger partial charge in [-0.05, 0) is 72.8 Å². The summed E-state index contributed by atoms with van der Waals surface area (Å²) in [5, 5.41) is 16.6. The van der Waals surface area contributed by atoms with Gasteiger partial charge in [0, 0.05) is 43.7 Å². The number of amides is 2. The second kappa shape index (κ2) is 10.3. The molecule has 7 nitrogen and oxygen atoms in total. The highest BCUT2D eigenvalue weighted by atomic mass is 16.3. The van der Waals surface area contributed by atoms with Crippen LogP contribution in [-0.2, 0) is 0 Å². The van der Waals surface area contributed by atoms with Gasteiger partial charge in [-0.2, -0.15) is 5.26 Å². The van der Waals surface area contributed by atoms with E-state index in [1.165, 1.54) is 0 Å². The molecule has 10 aromatic rings. The van der Waals surface area contributed by atoms with E-state index >= 15 is 0 Å². The Bertz CT molecular complexity index is 3230. The summed E-state index contributed by atoms with van der Waals surface area (Å²) in [5.41, 5.74) is 8.64. The number of nitriles is 1. The first-order valence-corrected chi connectivity index (χ1v) is 17.0. The third kappa shape index (κ3) is 3.67. The number of imide groups is 1. The van der Waals surface area contributed by atoms with Crippen LogP contribution in [0.4, 0.5) is 5.69 Å². The van der Waals surface area contributed by atoms with Crippen LogP contribution in [0.5, 0.6) is 0 Å². The van der Waals surface area contributed by atoms with Gasteiger partial charge in [0.15, 0.2) is 0 Å². The van der Waals surface area contributed by atoms with Crippen molar-refractivity contribution >= 4 is 83.1 Å². The van der Waals surface area contributed by atoms with Gasteiger partial charge in [0.05, 0.1) is 44.4 Å². The third-order valence-corrected chi connectivity index (χ3v) is 10.5. The fourth-order valence-corrected chi connectivity index (χ4v) is 8.25. The lowest BCUT2D eigenvalue weighted by atomic mass is 10.1. The lowest BCUT2D eigenvalue weighted by Gasteiger charge is -2.18. The number of para-hydroxylation sites is 3. The standard InChI is InChI=1S/C45H24N4O3/c46-25-26-17-18-28(24-39(26)49-44(50)32-11-1-2-12-33(32)45(49)51)47-37-15-7-4-13-34(37)42-38(47)21-20-31-29-9-3-6-14-36(29)48(43(31)42)27-19-22-41-35(23-27)30-10-5-8-16-40(30)52-41/h1-24H.